The number of carbonyl (C=O) groups excluding carboxylic acids is 1. The zero-order valence-electron chi connectivity index (χ0n) is 15.3. The van der Waals surface area contributed by atoms with E-state index in [1.54, 1.807) is 39.0 Å². The van der Waals surface area contributed by atoms with Crippen molar-refractivity contribution >= 4 is 39.3 Å². The largest absolute Gasteiger partial charge is 0.465 e. The van der Waals surface area contributed by atoms with Crippen LogP contribution in [0.4, 0.5) is 9.18 Å². The van der Waals surface area contributed by atoms with Gasteiger partial charge in [0.15, 0.2) is 0 Å². The first kappa shape index (κ1) is 21.4. The molecule has 0 aliphatic carbocycles. The van der Waals surface area contributed by atoms with Crippen molar-refractivity contribution in [3.05, 3.63) is 56.4 Å². The molecule has 0 spiro atoms. The molecule has 0 aliphatic heterocycles. The van der Waals surface area contributed by atoms with Gasteiger partial charge in [-0.2, -0.15) is 0 Å². The van der Waals surface area contributed by atoms with Crippen LogP contribution in [0.1, 0.15) is 36.0 Å². The Labute approximate surface area is 170 Å². The number of carboxylic acid groups (broad SMARTS) is 1. The molecule has 0 fully saturated rings. The molecule has 2 rings (SSSR count). The molecule has 8 heteroatoms. The Morgan fingerprint density at radius 1 is 1.30 bits per heavy atom. The lowest BCUT2D eigenvalue weighted by atomic mass is 10.0. The van der Waals surface area contributed by atoms with Crippen molar-refractivity contribution in [3.8, 4) is 0 Å². The lowest BCUT2D eigenvalue weighted by molar-refractivity contribution is 0.0824. The molecule has 1 aromatic heterocycles. The number of nitrogens with one attached hydrogen (secondary N) is 1. The van der Waals surface area contributed by atoms with E-state index in [1.165, 1.54) is 28.4 Å². The number of thiophene rings is 1. The molecule has 2 N–H and O–H groups in total. The molecule has 1 heterocycles. The lowest BCUT2D eigenvalue weighted by Gasteiger charge is -2.36. The zero-order valence-corrected chi connectivity index (χ0v) is 17.7. The van der Waals surface area contributed by atoms with Crippen LogP contribution in [0.2, 0.25) is 0 Å². The predicted octanol–water partition coefficient (Wildman–Crippen LogP) is 4.77. The third-order valence-electron chi connectivity index (χ3n) is 3.97. The quantitative estimate of drug-likeness (QED) is 0.657. The molecule has 0 saturated carbocycles. The van der Waals surface area contributed by atoms with E-state index in [-0.39, 0.29) is 18.3 Å². The fourth-order valence-corrected chi connectivity index (χ4v) is 3.94. The number of halogens is 2. The maximum atomic E-state index is 13.2. The van der Waals surface area contributed by atoms with Crippen molar-refractivity contribution < 1.29 is 19.1 Å². The first-order valence-electron chi connectivity index (χ1n) is 8.36. The van der Waals surface area contributed by atoms with Crippen LogP contribution in [0.15, 0.2) is 40.2 Å². The highest BCUT2D eigenvalue weighted by molar-refractivity contribution is 9.10. The summed E-state index contributed by atoms with van der Waals surface area (Å²) in [5, 5.41) is 14.3. The average molecular weight is 457 g/mol. The Morgan fingerprint density at radius 2 is 1.93 bits per heavy atom. The summed E-state index contributed by atoms with van der Waals surface area (Å²) in [6, 6.07) is 7.23. The standard InChI is InChI=1S/C19H22BrFN2O3S/c1-19(2,3)23(18(25)26)10-15(8-12-4-6-14(21)7-5-12)22-17(24)16-9-13(20)11-27-16/h4-7,9,11,15H,8,10H2,1-3H3,(H,22,24)(H,25,26)/t15-/m1/s1. The highest BCUT2D eigenvalue weighted by atomic mass is 79.9. The summed E-state index contributed by atoms with van der Waals surface area (Å²) < 4.78 is 14.0. The average Bonchev–Trinajstić information content (AvgIpc) is 2.99. The first-order chi connectivity index (χ1) is 12.6. The number of amides is 2. The third kappa shape index (κ3) is 6.32. The highest BCUT2D eigenvalue weighted by Crippen LogP contribution is 2.21. The highest BCUT2D eigenvalue weighted by Gasteiger charge is 2.29. The Balaban J connectivity index is 2.22. The third-order valence-corrected chi connectivity index (χ3v) is 5.66. The van der Waals surface area contributed by atoms with Gasteiger partial charge in [-0.15, -0.1) is 11.3 Å². The maximum absolute atomic E-state index is 13.2. The number of hydrogen-bond donors (Lipinski definition) is 2. The second-order valence-electron chi connectivity index (χ2n) is 7.19. The number of benzene rings is 1. The van der Waals surface area contributed by atoms with Gasteiger partial charge in [-0.25, -0.2) is 9.18 Å². The van der Waals surface area contributed by atoms with Gasteiger partial charge in [-0.05, 0) is 66.9 Å². The van der Waals surface area contributed by atoms with Crippen LogP contribution in [0.3, 0.4) is 0 Å². The van der Waals surface area contributed by atoms with E-state index in [0.717, 1.165) is 10.0 Å². The van der Waals surface area contributed by atoms with E-state index in [2.05, 4.69) is 21.2 Å². The van der Waals surface area contributed by atoms with Crippen molar-refractivity contribution in [3.63, 3.8) is 0 Å². The maximum Gasteiger partial charge on any atom is 0.407 e. The summed E-state index contributed by atoms with van der Waals surface area (Å²) in [6.07, 6.45) is -0.668. The summed E-state index contributed by atoms with van der Waals surface area (Å²) in [6.45, 7) is 5.52. The minimum absolute atomic E-state index is 0.120. The van der Waals surface area contributed by atoms with Gasteiger partial charge < -0.3 is 15.3 Å². The number of hydrogen-bond acceptors (Lipinski definition) is 3. The molecular formula is C19H22BrFN2O3S. The van der Waals surface area contributed by atoms with E-state index < -0.39 is 17.7 Å². The van der Waals surface area contributed by atoms with Gasteiger partial charge >= 0.3 is 6.09 Å². The molecule has 2 aromatic rings. The molecule has 2 amide bonds. The van der Waals surface area contributed by atoms with E-state index in [0.29, 0.717) is 11.3 Å². The Kier molecular flexibility index (Phi) is 7.00. The van der Waals surface area contributed by atoms with Gasteiger partial charge in [0.2, 0.25) is 0 Å². The first-order valence-corrected chi connectivity index (χ1v) is 10.0. The van der Waals surface area contributed by atoms with Crippen LogP contribution < -0.4 is 5.32 Å². The Morgan fingerprint density at radius 3 is 2.41 bits per heavy atom. The molecule has 0 aliphatic rings. The normalized spacial score (nSPS) is 12.5. The van der Waals surface area contributed by atoms with Crippen molar-refractivity contribution in [1.82, 2.24) is 10.2 Å². The van der Waals surface area contributed by atoms with Gasteiger partial charge in [0, 0.05) is 21.9 Å². The minimum atomic E-state index is -1.06. The van der Waals surface area contributed by atoms with E-state index in [4.69, 9.17) is 0 Å². The second-order valence-corrected chi connectivity index (χ2v) is 9.02. The number of nitrogens with zero attached hydrogens (tertiary/aromatic N) is 1. The van der Waals surface area contributed by atoms with E-state index in [1.807, 2.05) is 5.38 Å². The molecule has 0 saturated heterocycles. The van der Waals surface area contributed by atoms with Crippen LogP contribution in [0.5, 0.6) is 0 Å². The SMILES string of the molecule is CC(C)(C)N(C[C@@H](Cc1ccc(F)cc1)NC(=O)c1cc(Br)cs1)C(=O)O. The Bertz CT molecular complexity index is 802. The summed E-state index contributed by atoms with van der Waals surface area (Å²) in [5.74, 6) is -0.610. The van der Waals surface area contributed by atoms with Crippen LogP contribution >= 0.6 is 27.3 Å². The van der Waals surface area contributed by atoms with Gasteiger partial charge in [0.25, 0.3) is 5.91 Å². The van der Waals surface area contributed by atoms with Gasteiger partial charge in [0.05, 0.1) is 10.9 Å². The minimum Gasteiger partial charge on any atom is -0.465 e. The van der Waals surface area contributed by atoms with Gasteiger partial charge in [-0.1, -0.05) is 12.1 Å². The van der Waals surface area contributed by atoms with Crippen molar-refractivity contribution in [2.45, 2.75) is 38.8 Å². The van der Waals surface area contributed by atoms with Crippen LogP contribution in [-0.2, 0) is 6.42 Å². The number of rotatable bonds is 6. The molecule has 1 atom stereocenters. The van der Waals surface area contributed by atoms with Crippen LogP contribution in [0, 0.1) is 5.82 Å². The lowest BCUT2D eigenvalue weighted by Crippen LogP contribution is -2.53. The van der Waals surface area contributed by atoms with Crippen LogP contribution in [-0.4, -0.2) is 40.1 Å². The second kappa shape index (κ2) is 8.84. The molecule has 0 radical (unpaired) electrons. The molecule has 146 valence electrons. The molecule has 0 unspecified atom stereocenters. The van der Waals surface area contributed by atoms with Crippen molar-refractivity contribution in [2.24, 2.45) is 0 Å². The molecule has 0 bridgehead atoms. The predicted molar refractivity (Wildman–Crippen MR) is 108 cm³/mol. The summed E-state index contributed by atoms with van der Waals surface area (Å²) in [5.41, 5.74) is 0.192. The molecule has 27 heavy (non-hydrogen) atoms. The monoisotopic (exact) mass is 456 g/mol. The van der Waals surface area contributed by atoms with E-state index in [9.17, 15) is 19.1 Å². The summed E-state index contributed by atoms with van der Waals surface area (Å²) >= 11 is 4.62. The number of carbonyl (C=O) groups is 2. The van der Waals surface area contributed by atoms with E-state index >= 15 is 0 Å². The zero-order chi connectivity index (χ0) is 20.2. The van der Waals surface area contributed by atoms with Gasteiger partial charge in [-0.3, -0.25) is 4.79 Å². The van der Waals surface area contributed by atoms with Crippen LogP contribution in [0.25, 0.3) is 0 Å². The Hall–Kier alpha value is -1.93. The summed E-state index contributed by atoms with van der Waals surface area (Å²) in [7, 11) is 0. The smallest absolute Gasteiger partial charge is 0.407 e. The van der Waals surface area contributed by atoms with Crippen molar-refractivity contribution in [1.29, 1.82) is 0 Å². The molecular weight excluding hydrogens is 435 g/mol. The van der Waals surface area contributed by atoms with Crippen molar-refractivity contribution in [2.75, 3.05) is 6.54 Å². The summed E-state index contributed by atoms with van der Waals surface area (Å²) in [4.78, 5) is 26.1. The molecule has 5 nitrogen and oxygen atoms in total. The topological polar surface area (TPSA) is 69.6 Å². The fraction of sp³-hybridized carbons (Fsp3) is 0.368. The molecule has 1 aromatic carbocycles. The fourth-order valence-electron chi connectivity index (χ4n) is 2.61. The van der Waals surface area contributed by atoms with Gasteiger partial charge in [0.1, 0.15) is 5.82 Å².